The predicted octanol–water partition coefficient (Wildman–Crippen LogP) is 4.69. The van der Waals surface area contributed by atoms with E-state index in [2.05, 4.69) is 32.2 Å². The maximum absolute atomic E-state index is 13.8. The number of nitrogens with one attached hydrogen (secondary N) is 1. The Kier molecular flexibility index (Phi) is 6.76. The number of piperidine rings is 1. The lowest BCUT2D eigenvalue weighted by molar-refractivity contribution is -0.141. The summed E-state index contributed by atoms with van der Waals surface area (Å²) in [4.78, 5) is 31.5. The summed E-state index contributed by atoms with van der Waals surface area (Å²) in [5.74, 6) is 0.883. The van der Waals surface area contributed by atoms with Gasteiger partial charge in [-0.05, 0) is 37.8 Å². The molecular formula is C24H25F3N6O. The number of carbonyl (C=O) groups is 1. The Balaban J connectivity index is 1.58. The highest BCUT2D eigenvalue weighted by Gasteiger charge is 2.36. The van der Waals surface area contributed by atoms with Crippen LogP contribution in [0, 0.1) is 5.92 Å². The fourth-order valence-corrected chi connectivity index (χ4v) is 4.26. The highest BCUT2D eigenvalue weighted by atomic mass is 19.4. The van der Waals surface area contributed by atoms with E-state index in [-0.39, 0.29) is 23.8 Å². The van der Waals surface area contributed by atoms with Gasteiger partial charge < -0.3 is 10.2 Å². The van der Waals surface area contributed by atoms with Crippen LogP contribution in [0.3, 0.4) is 0 Å². The van der Waals surface area contributed by atoms with E-state index >= 15 is 0 Å². The number of hydrogen-bond acceptors (Lipinski definition) is 6. The van der Waals surface area contributed by atoms with Gasteiger partial charge >= 0.3 is 6.18 Å². The number of rotatable bonds is 5. The van der Waals surface area contributed by atoms with Gasteiger partial charge in [-0.25, -0.2) is 19.9 Å². The van der Waals surface area contributed by atoms with Crippen molar-refractivity contribution in [3.05, 3.63) is 66.4 Å². The minimum atomic E-state index is -4.55. The summed E-state index contributed by atoms with van der Waals surface area (Å²) >= 11 is 0. The molecular weight excluding hydrogens is 445 g/mol. The lowest BCUT2D eigenvalue weighted by Gasteiger charge is -2.42. The predicted molar refractivity (Wildman–Crippen MR) is 121 cm³/mol. The van der Waals surface area contributed by atoms with E-state index in [1.165, 1.54) is 0 Å². The Labute approximate surface area is 195 Å². The zero-order valence-corrected chi connectivity index (χ0v) is 18.8. The third-order valence-electron chi connectivity index (χ3n) is 5.98. The van der Waals surface area contributed by atoms with Crippen LogP contribution in [0.25, 0.3) is 11.4 Å². The SMILES string of the molecule is CC1CCC(C(C)Nc2cnc(C(F)(F)F)cn2)N(C(=O)c2ccccc2-c2ncccn2)C1. The van der Waals surface area contributed by atoms with Crippen molar-refractivity contribution < 1.29 is 18.0 Å². The molecule has 3 aromatic rings. The molecule has 3 unspecified atom stereocenters. The maximum atomic E-state index is 13.8. The highest BCUT2D eigenvalue weighted by Crippen LogP contribution is 2.30. The monoisotopic (exact) mass is 470 g/mol. The summed E-state index contributed by atoms with van der Waals surface area (Å²) in [5, 5.41) is 3.13. The van der Waals surface area contributed by atoms with E-state index in [9.17, 15) is 18.0 Å². The van der Waals surface area contributed by atoms with Gasteiger partial charge in [0, 0.05) is 30.5 Å². The molecule has 1 aliphatic heterocycles. The Morgan fingerprint density at radius 3 is 2.47 bits per heavy atom. The zero-order chi connectivity index (χ0) is 24.3. The molecule has 0 bridgehead atoms. The molecule has 0 saturated carbocycles. The van der Waals surface area contributed by atoms with Crippen LogP contribution in [-0.2, 0) is 6.18 Å². The minimum absolute atomic E-state index is 0.133. The van der Waals surface area contributed by atoms with Gasteiger partial charge in [-0.2, -0.15) is 13.2 Å². The van der Waals surface area contributed by atoms with Gasteiger partial charge in [0.25, 0.3) is 5.91 Å². The second-order valence-electron chi connectivity index (χ2n) is 8.54. The fraction of sp³-hybridized carbons (Fsp3) is 0.375. The molecule has 4 rings (SSSR count). The number of nitrogens with zero attached hydrogens (tertiary/aromatic N) is 5. The zero-order valence-electron chi connectivity index (χ0n) is 18.8. The third-order valence-corrected chi connectivity index (χ3v) is 5.98. The third kappa shape index (κ3) is 5.16. The molecule has 0 radical (unpaired) electrons. The first-order chi connectivity index (χ1) is 16.2. The Bertz CT molecular complexity index is 1120. The number of halogens is 3. The normalized spacial score (nSPS) is 19.5. The largest absolute Gasteiger partial charge is 0.434 e. The summed E-state index contributed by atoms with van der Waals surface area (Å²) in [7, 11) is 0. The number of carbonyl (C=O) groups excluding carboxylic acids is 1. The molecule has 1 saturated heterocycles. The van der Waals surface area contributed by atoms with Crippen LogP contribution in [0.15, 0.2) is 55.1 Å². The Morgan fingerprint density at radius 1 is 1.06 bits per heavy atom. The first-order valence-corrected chi connectivity index (χ1v) is 11.1. The average Bonchev–Trinajstić information content (AvgIpc) is 2.84. The summed E-state index contributed by atoms with van der Waals surface area (Å²) in [5.41, 5.74) is 0.113. The Morgan fingerprint density at radius 2 is 1.79 bits per heavy atom. The van der Waals surface area contributed by atoms with Crippen molar-refractivity contribution in [2.24, 2.45) is 5.92 Å². The number of alkyl halides is 3. The summed E-state index contributed by atoms with van der Waals surface area (Å²) < 4.78 is 38.4. The number of benzene rings is 1. The van der Waals surface area contributed by atoms with E-state index in [4.69, 9.17) is 0 Å². The van der Waals surface area contributed by atoms with Crippen LogP contribution in [0.1, 0.15) is 42.7 Å². The van der Waals surface area contributed by atoms with Crippen molar-refractivity contribution in [3.63, 3.8) is 0 Å². The van der Waals surface area contributed by atoms with E-state index in [1.54, 1.807) is 24.5 Å². The van der Waals surface area contributed by atoms with Gasteiger partial charge in [-0.15, -0.1) is 0 Å². The summed E-state index contributed by atoms with van der Waals surface area (Å²) in [6, 6.07) is 8.51. The van der Waals surface area contributed by atoms with E-state index < -0.39 is 11.9 Å². The minimum Gasteiger partial charge on any atom is -0.364 e. The van der Waals surface area contributed by atoms with Crippen molar-refractivity contribution in [2.45, 2.75) is 44.9 Å². The van der Waals surface area contributed by atoms with Crippen LogP contribution >= 0.6 is 0 Å². The van der Waals surface area contributed by atoms with Crippen LogP contribution < -0.4 is 5.32 Å². The molecule has 10 heteroatoms. The number of hydrogen-bond donors (Lipinski definition) is 1. The molecule has 178 valence electrons. The van der Waals surface area contributed by atoms with Gasteiger partial charge in [0.15, 0.2) is 11.5 Å². The van der Waals surface area contributed by atoms with Crippen LogP contribution in [-0.4, -0.2) is 49.4 Å². The first kappa shape index (κ1) is 23.6. The lowest BCUT2D eigenvalue weighted by atomic mass is 9.89. The van der Waals surface area contributed by atoms with E-state index in [1.807, 2.05) is 30.0 Å². The number of likely N-dealkylation sites (tertiary alicyclic amines) is 1. The molecule has 1 aromatic carbocycles. The molecule has 2 aromatic heterocycles. The summed E-state index contributed by atoms with van der Waals surface area (Å²) in [6.07, 6.45) is 2.17. The second kappa shape index (κ2) is 9.74. The standard InChI is InChI=1S/C24H25F3N6O/c1-15-8-9-19(16(2)32-21-13-30-20(12-31-21)24(25,26)27)33(14-15)23(34)18-7-4-3-6-17(18)22-28-10-5-11-29-22/h3-7,10-13,15-16,19H,8-9,14H2,1-2H3,(H,31,32). The van der Waals surface area contributed by atoms with Crippen molar-refractivity contribution in [1.29, 1.82) is 0 Å². The number of amides is 1. The van der Waals surface area contributed by atoms with E-state index in [0.29, 0.717) is 35.6 Å². The lowest BCUT2D eigenvalue weighted by Crippen LogP contribution is -2.53. The molecule has 1 amide bonds. The number of aromatic nitrogens is 4. The highest BCUT2D eigenvalue weighted by molar-refractivity contribution is 6.00. The van der Waals surface area contributed by atoms with Gasteiger partial charge in [0.2, 0.25) is 0 Å². The fourth-order valence-electron chi connectivity index (χ4n) is 4.26. The maximum Gasteiger partial charge on any atom is 0.434 e. The molecule has 0 spiro atoms. The molecule has 34 heavy (non-hydrogen) atoms. The molecule has 1 N–H and O–H groups in total. The topological polar surface area (TPSA) is 83.9 Å². The average molecular weight is 470 g/mol. The smallest absolute Gasteiger partial charge is 0.364 e. The molecule has 3 heterocycles. The summed E-state index contributed by atoms with van der Waals surface area (Å²) in [6.45, 7) is 4.56. The van der Waals surface area contributed by atoms with Crippen molar-refractivity contribution >= 4 is 11.7 Å². The second-order valence-corrected chi connectivity index (χ2v) is 8.54. The van der Waals surface area contributed by atoms with Crippen molar-refractivity contribution in [3.8, 4) is 11.4 Å². The Hall–Kier alpha value is -3.56. The van der Waals surface area contributed by atoms with Crippen LogP contribution in [0.4, 0.5) is 19.0 Å². The quantitative estimate of drug-likeness (QED) is 0.582. The van der Waals surface area contributed by atoms with Gasteiger partial charge in [0.1, 0.15) is 5.82 Å². The van der Waals surface area contributed by atoms with Gasteiger partial charge in [0.05, 0.1) is 24.0 Å². The number of anilines is 1. The van der Waals surface area contributed by atoms with Gasteiger partial charge in [-0.3, -0.25) is 4.79 Å². The van der Waals surface area contributed by atoms with Crippen LogP contribution in [0.5, 0.6) is 0 Å². The van der Waals surface area contributed by atoms with Crippen molar-refractivity contribution in [1.82, 2.24) is 24.8 Å². The van der Waals surface area contributed by atoms with Gasteiger partial charge in [-0.1, -0.05) is 25.1 Å². The van der Waals surface area contributed by atoms with Crippen molar-refractivity contribution in [2.75, 3.05) is 11.9 Å². The molecule has 1 fully saturated rings. The van der Waals surface area contributed by atoms with Crippen LogP contribution in [0.2, 0.25) is 0 Å². The molecule has 7 nitrogen and oxygen atoms in total. The first-order valence-electron chi connectivity index (χ1n) is 11.1. The molecule has 3 atom stereocenters. The molecule has 0 aliphatic carbocycles. The van der Waals surface area contributed by atoms with E-state index in [0.717, 1.165) is 19.0 Å². The molecule has 1 aliphatic rings.